The van der Waals surface area contributed by atoms with Crippen LogP contribution in [-0.2, 0) is 4.74 Å². The number of ether oxygens (including phenoxy) is 1. The Balaban J connectivity index is 2.53. The van der Waals surface area contributed by atoms with Crippen molar-refractivity contribution in [1.29, 1.82) is 0 Å². The van der Waals surface area contributed by atoms with Crippen molar-refractivity contribution in [3.05, 3.63) is 58.2 Å². The number of hydrogen-bond acceptors (Lipinski definition) is 3. The summed E-state index contributed by atoms with van der Waals surface area (Å²) in [6.07, 6.45) is 3.89. The van der Waals surface area contributed by atoms with Crippen molar-refractivity contribution in [2.75, 3.05) is 7.11 Å². The Bertz CT molecular complexity index is 504. The Labute approximate surface area is 128 Å². The summed E-state index contributed by atoms with van der Waals surface area (Å²) < 4.78 is 4.72. The molecular weight excluding hydrogens is 378 g/mol. The Morgan fingerprint density at radius 3 is 2.53 bits per heavy atom. The van der Waals surface area contributed by atoms with E-state index in [1.165, 1.54) is 7.11 Å². The van der Waals surface area contributed by atoms with Gasteiger partial charge in [0.25, 0.3) is 0 Å². The third-order valence-corrected chi connectivity index (χ3v) is 4.42. The van der Waals surface area contributed by atoms with E-state index in [0.29, 0.717) is 0 Å². The zero-order valence-corrected chi connectivity index (χ0v) is 13.4. The minimum Gasteiger partial charge on any atom is -0.317 e. The van der Waals surface area contributed by atoms with Crippen LogP contribution in [0, 0.1) is 10.1 Å². The van der Waals surface area contributed by atoms with Gasteiger partial charge in [-0.15, -0.1) is 0 Å². The molecule has 6 heteroatoms. The van der Waals surface area contributed by atoms with E-state index >= 15 is 0 Å². The van der Waals surface area contributed by atoms with Crippen molar-refractivity contribution in [1.82, 2.24) is 0 Å². The van der Waals surface area contributed by atoms with E-state index in [1.807, 2.05) is 42.5 Å². The maximum Gasteiger partial charge on any atom is 0.337 e. The van der Waals surface area contributed by atoms with E-state index in [4.69, 9.17) is 4.74 Å². The lowest BCUT2D eigenvalue weighted by atomic mass is 9.81. The molecule has 0 saturated carbocycles. The molecule has 0 saturated heterocycles. The molecule has 102 valence electrons. The van der Waals surface area contributed by atoms with Crippen LogP contribution in [-0.4, -0.2) is 21.0 Å². The first-order valence-corrected chi connectivity index (χ1v) is 7.32. The van der Waals surface area contributed by atoms with E-state index < -0.39 is 14.9 Å². The summed E-state index contributed by atoms with van der Waals surface area (Å²) in [5.41, 5.74) is -0.615. The van der Waals surface area contributed by atoms with Gasteiger partial charge in [-0.1, -0.05) is 74.3 Å². The molecule has 1 aromatic rings. The number of rotatable bonds is 3. The SMILES string of the molecule is COC1([N+](=O)[O-])CC(Br)(Br)C=CC1c1ccccc1. The van der Waals surface area contributed by atoms with Crippen LogP contribution in [0.4, 0.5) is 0 Å². The van der Waals surface area contributed by atoms with Crippen molar-refractivity contribution in [2.45, 2.75) is 21.3 Å². The maximum absolute atomic E-state index is 11.6. The highest BCUT2D eigenvalue weighted by Crippen LogP contribution is 2.49. The summed E-state index contributed by atoms with van der Waals surface area (Å²) in [5, 5.41) is 11.6. The molecule has 2 atom stereocenters. The van der Waals surface area contributed by atoms with Crippen LogP contribution in [0.5, 0.6) is 0 Å². The monoisotopic (exact) mass is 389 g/mol. The first-order valence-electron chi connectivity index (χ1n) is 5.73. The smallest absolute Gasteiger partial charge is 0.317 e. The molecule has 0 heterocycles. The molecule has 4 nitrogen and oxygen atoms in total. The molecule has 0 radical (unpaired) electrons. The quantitative estimate of drug-likeness (QED) is 0.259. The summed E-state index contributed by atoms with van der Waals surface area (Å²) in [6.45, 7) is 0. The van der Waals surface area contributed by atoms with Crippen LogP contribution in [0.15, 0.2) is 42.5 Å². The molecule has 0 aromatic heterocycles. The average molecular weight is 391 g/mol. The lowest BCUT2D eigenvalue weighted by Gasteiger charge is -2.37. The highest BCUT2D eigenvalue weighted by molar-refractivity contribution is 9.25. The number of halogens is 2. The minimum absolute atomic E-state index is 0.194. The normalized spacial score (nSPS) is 29.1. The van der Waals surface area contributed by atoms with Gasteiger partial charge in [0.2, 0.25) is 0 Å². The van der Waals surface area contributed by atoms with Gasteiger partial charge in [-0.3, -0.25) is 10.1 Å². The standard InChI is InChI=1S/C13H13Br2NO3/c1-19-13(16(17)18)9-12(14,15)8-7-11(13)10-5-3-2-4-6-10/h2-8,11H,9H2,1H3. The topological polar surface area (TPSA) is 52.4 Å². The van der Waals surface area contributed by atoms with Crippen LogP contribution in [0.3, 0.4) is 0 Å². The average Bonchev–Trinajstić information content (AvgIpc) is 2.38. The van der Waals surface area contributed by atoms with Crippen molar-refractivity contribution in [3.63, 3.8) is 0 Å². The van der Waals surface area contributed by atoms with Gasteiger partial charge < -0.3 is 4.74 Å². The predicted octanol–water partition coefficient (Wildman–Crippen LogP) is 3.84. The van der Waals surface area contributed by atoms with Gasteiger partial charge in [-0.2, -0.15) is 0 Å². The van der Waals surface area contributed by atoms with Gasteiger partial charge in [-0.25, -0.2) is 0 Å². The first-order chi connectivity index (χ1) is 8.91. The zero-order valence-electron chi connectivity index (χ0n) is 10.3. The van der Waals surface area contributed by atoms with Gasteiger partial charge >= 0.3 is 5.72 Å². The van der Waals surface area contributed by atoms with Gasteiger partial charge in [0.15, 0.2) is 0 Å². The Morgan fingerprint density at radius 2 is 2.00 bits per heavy atom. The van der Waals surface area contributed by atoms with Crippen LogP contribution in [0.2, 0.25) is 0 Å². The lowest BCUT2D eigenvalue weighted by molar-refractivity contribution is -0.632. The molecule has 0 fully saturated rings. The number of nitrogens with zero attached hydrogens (tertiary/aromatic N) is 1. The van der Waals surface area contributed by atoms with Gasteiger partial charge in [0.05, 0.1) is 17.3 Å². The van der Waals surface area contributed by atoms with Crippen LogP contribution in [0.25, 0.3) is 0 Å². The number of allylic oxidation sites excluding steroid dienone is 1. The summed E-state index contributed by atoms with van der Waals surface area (Å²) in [7, 11) is 1.38. The molecule has 1 aliphatic carbocycles. The van der Waals surface area contributed by atoms with Crippen LogP contribution >= 0.6 is 31.9 Å². The van der Waals surface area contributed by atoms with E-state index in [2.05, 4.69) is 31.9 Å². The van der Waals surface area contributed by atoms with E-state index in [1.54, 1.807) is 0 Å². The molecule has 2 rings (SSSR count). The lowest BCUT2D eigenvalue weighted by Crippen LogP contribution is -2.50. The summed E-state index contributed by atoms with van der Waals surface area (Å²) >= 11 is 6.85. The highest BCUT2D eigenvalue weighted by Gasteiger charge is 2.57. The number of nitro groups is 1. The number of hydrogen-bond donors (Lipinski definition) is 0. The van der Waals surface area contributed by atoms with Crippen molar-refractivity contribution < 1.29 is 9.66 Å². The fourth-order valence-corrected chi connectivity index (χ4v) is 3.49. The van der Waals surface area contributed by atoms with E-state index in [0.717, 1.165) is 5.56 Å². The Kier molecular flexibility index (Phi) is 4.13. The summed E-state index contributed by atoms with van der Waals surface area (Å²) in [4.78, 5) is 11.2. The molecule has 1 aliphatic rings. The van der Waals surface area contributed by atoms with Crippen LogP contribution in [0.1, 0.15) is 17.9 Å². The van der Waals surface area contributed by atoms with Gasteiger partial charge in [-0.05, 0) is 5.56 Å². The van der Waals surface area contributed by atoms with E-state index in [-0.39, 0.29) is 11.3 Å². The molecule has 19 heavy (non-hydrogen) atoms. The maximum atomic E-state index is 11.6. The molecule has 0 bridgehead atoms. The molecule has 0 amide bonds. The van der Waals surface area contributed by atoms with Crippen molar-refractivity contribution in [3.8, 4) is 0 Å². The second-order valence-electron chi connectivity index (χ2n) is 4.49. The second-order valence-corrected chi connectivity index (χ2v) is 8.39. The van der Waals surface area contributed by atoms with Crippen molar-refractivity contribution >= 4 is 31.9 Å². The molecule has 2 unspecified atom stereocenters. The summed E-state index contributed by atoms with van der Waals surface area (Å²) in [6, 6.07) is 9.38. The van der Waals surface area contributed by atoms with E-state index in [9.17, 15) is 10.1 Å². The second kappa shape index (κ2) is 5.34. The molecular formula is C13H13Br2NO3. The largest absolute Gasteiger partial charge is 0.337 e. The predicted molar refractivity (Wildman–Crippen MR) is 80.3 cm³/mol. The van der Waals surface area contributed by atoms with Gasteiger partial charge in [0, 0.05) is 7.11 Å². The molecule has 0 N–H and O–H groups in total. The number of alkyl halides is 2. The van der Waals surface area contributed by atoms with Crippen molar-refractivity contribution in [2.24, 2.45) is 0 Å². The minimum atomic E-state index is -1.48. The number of methoxy groups -OCH3 is 1. The molecule has 0 spiro atoms. The molecule has 1 aromatic carbocycles. The summed E-state index contributed by atoms with van der Waals surface area (Å²) in [5.74, 6) is -0.420. The number of benzene rings is 1. The van der Waals surface area contributed by atoms with Crippen LogP contribution < -0.4 is 0 Å². The zero-order chi connectivity index (χ0) is 14.1. The Morgan fingerprint density at radius 1 is 1.37 bits per heavy atom. The third-order valence-electron chi connectivity index (χ3n) is 3.33. The third kappa shape index (κ3) is 2.75. The highest BCUT2D eigenvalue weighted by atomic mass is 79.9. The fraction of sp³-hybridized carbons (Fsp3) is 0.385. The van der Waals surface area contributed by atoms with Gasteiger partial charge in [0.1, 0.15) is 3.23 Å². The Hall–Kier alpha value is -0.720. The fourth-order valence-electron chi connectivity index (χ4n) is 2.38. The first kappa shape index (κ1) is 14.7. The molecule has 0 aliphatic heterocycles.